The summed E-state index contributed by atoms with van der Waals surface area (Å²) in [7, 11) is 0. The van der Waals surface area contributed by atoms with Crippen LogP contribution in [0.3, 0.4) is 0 Å². The summed E-state index contributed by atoms with van der Waals surface area (Å²) in [6, 6.07) is 8.21. The summed E-state index contributed by atoms with van der Waals surface area (Å²) in [5, 5.41) is 13.4. The van der Waals surface area contributed by atoms with E-state index in [1.54, 1.807) is 0 Å². The molecule has 1 heterocycles. The minimum atomic E-state index is -0.294. The quantitative estimate of drug-likeness (QED) is 0.754. The van der Waals surface area contributed by atoms with Crippen LogP contribution >= 0.6 is 0 Å². The smallest absolute Gasteiger partial charge is 0.220 e. The average Bonchev–Trinajstić information content (AvgIpc) is 3.12. The van der Waals surface area contributed by atoms with Gasteiger partial charge in [-0.2, -0.15) is 0 Å². The largest absolute Gasteiger partial charge is 0.394 e. The van der Waals surface area contributed by atoms with E-state index in [0.29, 0.717) is 6.42 Å². The van der Waals surface area contributed by atoms with Gasteiger partial charge in [0.15, 0.2) is 0 Å². The molecule has 1 aromatic carbocycles. The third-order valence-corrected chi connectivity index (χ3v) is 4.09. The number of rotatable bonds is 6. The van der Waals surface area contributed by atoms with E-state index in [2.05, 4.69) is 22.4 Å². The maximum Gasteiger partial charge on any atom is 0.220 e. The van der Waals surface area contributed by atoms with Gasteiger partial charge in [-0.3, -0.25) is 4.79 Å². The number of hydrogen-bond donors (Lipinski definition) is 3. The van der Waals surface area contributed by atoms with Crippen molar-refractivity contribution >= 4 is 16.8 Å². The Bertz CT molecular complexity index is 614. The molecule has 0 spiro atoms. The van der Waals surface area contributed by atoms with Gasteiger partial charge in [0, 0.05) is 23.5 Å². The first-order chi connectivity index (χ1) is 9.72. The van der Waals surface area contributed by atoms with E-state index in [-0.39, 0.29) is 18.1 Å². The Balaban J connectivity index is 1.51. The summed E-state index contributed by atoms with van der Waals surface area (Å²) in [4.78, 5) is 15.1. The number of aromatic nitrogens is 1. The molecule has 4 nitrogen and oxygen atoms in total. The molecule has 0 radical (unpaired) electrons. The lowest BCUT2D eigenvalue weighted by atomic mass is 10.1. The van der Waals surface area contributed by atoms with Gasteiger partial charge in [-0.05, 0) is 37.3 Å². The zero-order valence-corrected chi connectivity index (χ0v) is 11.5. The molecule has 2 aromatic rings. The third kappa shape index (κ3) is 2.70. The normalized spacial score (nSPS) is 16.2. The van der Waals surface area contributed by atoms with Crippen LogP contribution in [0, 0.1) is 0 Å². The van der Waals surface area contributed by atoms with Crippen LogP contribution in [0.15, 0.2) is 30.5 Å². The van der Waals surface area contributed by atoms with Gasteiger partial charge in [0.1, 0.15) is 0 Å². The van der Waals surface area contributed by atoms with Gasteiger partial charge in [-0.25, -0.2) is 0 Å². The van der Waals surface area contributed by atoms with Gasteiger partial charge in [0.25, 0.3) is 0 Å². The second-order valence-electron chi connectivity index (χ2n) is 5.70. The summed E-state index contributed by atoms with van der Waals surface area (Å²) < 4.78 is 0. The highest BCUT2D eigenvalue weighted by Gasteiger charge is 2.43. The summed E-state index contributed by atoms with van der Waals surface area (Å²) in [6.07, 6.45) is 6.06. The Morgan fingerprint density at radius 3 is 2.90 bits per heavy atom. The number of carbonyl (C=O) groups is 1. The maximum atomic E-state index is 11.8. The van der Waals surface area contributed by atoms with Crippen molar-refractivity contribution in [2.24, 2.45) is 0 Å². The molecule has 0 atom stereocenters. The summed E-state index contributed by atoms with van der Waals surface area (Å²) in [5.41, 5.74) is 2.11. The first-order valence-electron chi connectivity index (χ1n) is 7.19. The summed E-state index contributed by atoms with van der Waals surface area (Å²) >= 11 is 0. The van der Waals surface area contributed by atoms with Crippen molar-refractivity contribution in [1.82, 2.24) is 10.3 Å². The van der Waals surface area contributed by atoms with Crippen LogP contribution in [0.2, 0.25) is 0 Å². The highest BCUT2D eigenvalue weighted by Crippen LogP contribution is 2.34. The van der Waals surface area contributed by atoms with E-state index in [9.17, 15) is 9.90 Å². The Labute approximate surface area is 118 Å². The van der Waals surface area contributed by atoms with Crippen molar-refractivity contribution < 1.29 is 9.90 Å². The van der Waals surface area contributed by atoms with Gasteiger partial charge < -0.3 is 15.4 Å². The van der Waals surface area contributed by atoms with Crippen LogP contribution < -0.4 is 5.32 Å². The molecular formula is C16H20N2O2. The van der Waals surface area contributed by atoms with Gasteiger partial charge in [-0.15, -0.1) is 0 Å². The van der Waals surface area contributed by atoms with Crippen molar-refractivity contribution in [2.75, 3.05) is 6.61 Å². The van der Waals surface area contributed by atoms with Crippen LogP contribution in [0.25, 0.3) is 10.9 Å². The average molecular weight is 272 g/mol. The highest BCUT2D eigenvalue weighted by atomic mass is 16.3. The van der Waals surface area contributed by atoms with Crippen molar-refractivity contribution in [3.63, 3.8) is 0 Å². The fourth-order valence-electron chi connectivity index (χ4n) is 2.61. The lowest BCUT2D eigenvalue weighted by Crippen LogP contribution is -2.39. The van der Waals surface area contributed by atoms with Crippen LogP contribution in [0.5, 0.6) is 0 Å². The third-order valence-electron chi connectivity index (χ3n) is 4.09. The van der Waals surface area contributed by atoms with Crippen LogP contribution in [0.4, 0.5) is 0 Å². The van der Waals surface area contributed by atoms with Crippen molar-refractivity contribution in [1.29, 1.82) is 0 Å². The van der Waals surface area contributed by atoms with Gasteiger partial charge in [-0.1, -0.05) is 18.2 Å². The van der Waals surface area contributed by atoms with Crippen LogP contribution in [-0.2, 0) is 11.2 Å². The topological polar surface area (TPSA) is 65.1 Å². The first kappa shape index (κ1) is 13.2. The zero-order chi connectivity index (χ0) is 14.0. The predicted molar refractivity (Wildman–Crippen MR) is 78.4 cm³/mol. The number of aryl methyl sites for hydroxylation is 1. The van der Waals surface area contributed by atoms with E-state index >= 15 is 0 Å². The molecule has 1 aliphatic rings. The molecule has 1 amide bonds. The fourth-order valence-corrected chi connectivity index (χ4v) is 2.61. The minimum absolute atomic E-state index is 0.0522. The number of benzene rings is 1. The number of aromatic amines is 1. The van der Waals surface area contributed by atoms with Gasteiger partial charge in [0.2, 0.25) is 5.91 Å². The van der Waals surface area contributed by atoms with Crippen LogP contribution in [-0.4, -0.2) is 28.1 Å². The molecule has 0 aliphatic heterocycles. The number of aliphatic hydroxyl groups is 1. The predicted octanol–water partition coefficient (Wildman–Crippen LogP) is 2.13. The molecular weight excluding hydrogens is 252 g/mol. The number of carbonyl (C=O) groups excluding carboxylic acids is 1. The first-order valence-corrected chi connectivity index (χ1v) is 7.19. The van der Waals surface area contributed by atoms with Crippen molar-refractivity contribution in [3.05, 3.63) is 36.0 Å². The molecule has 1 aliphatic carbocycles. The van der Waals surface area contributed by atoms with Crippen molar-refractivity contribution in [2.45, 2.75) is 37.6 Å². The molecule has 20 heavy (non-hydrogen) atoms. The molecule has 0 saturated heterocycles. The Morgan fingerprint density at radius 1 is 1.35 bits per heavy atom. The molecule has 3 N–H and O–H groups in total. The Morgan fingerprint density at radius 2 is 2.15 bits per heavy atom. The standard InChI is InChI=1S/C16H20N2O2/c19-11-16(8-9-16)18-15(20)7-3-4-12-10-17-14-6-2-1-5-13(12)14/h1-2,5-6,10,17,19H,3-4,7-9,11H2,(H,18,20). The molecule has 4 heteroatoms. The second-order valence-corrected chi connectivity index (χ2v) is 5.70. The number of nitrogens with one attached hydrogen (secondary N) is 2. The maximum absolute atomic E-state index is 11.8. The molecule has 1 saturated carbocycles. The summed E-state index contributed by atoms with van der Waals surface area (Å²) in [6.45, 7) is 0.0567. The van der Waals surface area contributed by atoms with Gasteiger partial charge >= 0.3 is 0 Å². The second kappa shape index (κ2) is 5.29. The minimum Gasteiger partial charge on any atom is -0.394 e. The molecule has 0 unspecified atom stereocenters. The van der Waals surface area contributed by atoms with E-state index in [4.69, 9.17) is 0 Å². The highest BCUT2D eigenvalue weighted by molar-refractivity contribution is 5.83. The Kier molecular flexibility index (Phi) is 3.49. The number of aliphatic hydroxyl groups excluding tert-OH is 1. The number of amides is 1. The lowest BCUT2D eigenvalue weighted by Gasteiger charge is -2.13. The number of H-pyrrole nitrogens is 1. The number of hydrogen-bond acceptors (Lipinski definition) is 2. The van der Waals surface area contributed by atoms with E-state index in [0.717, 1.165) is 31.2 Å². The van der Waals surface area contributed by atoms with E-state index in [1.165, 1.54) is 10.9 Å². The zero-order valence-electron chi connectivity index (χ0n) is 11.5. The lowest BCUT2D eigenvalue weighted by molar-refractivity contribution is -0.122. The van der Waals surface area contributed by atoms with E-state index < -0.39 is 0 Å². The number of fused-ring (bicyclic) bond motifs is 1. The SMILES string of the molecule is O=C(CCCc1c[nH]c2ccccc12)NC1(CO)CC1. The molecule has 3 rings (SSSR count). The van der Waals surface area contributed by atoms with Gasteiger partial charge in [0.05, 0.1) is 12.1 Å². The van der Waals surface area contributed by atoms with Crippen molar-refractivity contribution in [3.8, 4) is 0 Å². The summed E-state index contributed by atoms with van der Waals surface area (Å²) in [5.74, 6) is 0.0522. The molecule has 1 aromatic heterocycles. The molecule has 0 bridgehead atoms. The monoisotopic (exact) mass is 272 g/mol. The molecule has 106 valence electrons. The number of para-hydroxylation sites is 1. The molecule has 1 fully saturated rings. The van der Waals surface area contributed by atoms with E-state index in [1.807, 2.05) is 18.3 Å². The Hall–Kier alpha value is -1.81. The fraction of sp³-hybridized carbons (Fsp3) is 0.438. The van der Waals surface area contributed by atoms with Crippen LogP contribution in [0.1, 0.15) is 31.2 Å².